The third-order valence-electron chi connectivity index (χ3n) is 3.60. The number of rotatable bonds is 6. The number of ether oxygens (including phenoxy) is 1. The summed E-state index contributed by atoms with van der Waals surface area (Å²) in [5.74, 6) is 0.491. The summed E-state index contributed by atoms with van der Waals surface area (Å²) in [5, 5.41) is 0. The molecule has 0 atom stereocenters. The fraction of sp³-hybridized carbons (Fsp3) is 0.111. The number of sulfonamides is 1. The summed E-state index contributed by atoms with van der Waals surface area (Å²) in [6.45, 7) is 0.153. The summed E-state index contributed by atoms with van der Waals surface area (Å²) in [7, 11) is -2.13. The Hall–Kier alpha value is -2.77. The van der Waals surface area contributed by atoms with E-state index in [0.717, 1.165) is 16.8 Å². The Balaban J connectivity index is 1.70. The fourth-order valence-corrected chi connectivity index (χ4v) is 3.30. The molecule has 0 spiro atoms. The van der Waals surface area contributed by atoms with Crippen molar-refractivity contribution < 1.29 is 13.2 Å². The van der Waals surface area contributed by atoms with Crippen LogP contribution in [-0.2, 0) is 16.6 Å². The van der Waals surface area contributed by atoms with E-state index in [-0.39, 0.29) is 11.4 Å². The van der Waals surface area contributed by atoms with Crippen LogP contribution in [0.5, 0.6) is 5.75 Å². The zero-order valence-corrected chi connectivity index (χ0v) is 14.4. The van der Waals surface area contributed by atoms with E-state index in [4.69, 9.17) is 4.74 Å². The molecule has 2 heterocycles. The highest BCUT2D eigenvalue weighted by Crippen LogP contribution is 2.18. The van der Waals surface area contributed by atoms with E-state index < -0.39 is 10.0 Å². The van der Waals surface area contributed by atoms with Crippen LogP contribution in [0.25, 0.3) is 11.3 Å². The first-order valence-corrected chi connectivity index (χ1v) is 9.06. The van der Waals surface area contributed by atoms with Crippen LogP contribution >= 0.6 is 0 Å². The Labute approximate surface area is 146 Å². The third-order valence-corrected chi connectivity index (χ3v) is 5.00. The Morgan fingerprint density at radius 3 is 2.64 bits per heavy atom. The molecule has 0 aliphatic heterocycles. The highest BCUT2D eigenvalue weighted by molar-refractivity contribution is 7.89. The average molecular weight is 355 g/mol. The lowest BCUT2D eigenvalue weighted by Crippen LogP contribution is -2.23. The van der Waals surface area contributed by atoms with Crippen molar-refractivity contribution in [2.45, 2.75) is 11.4 Å². The highest BCUT2D eigenvalue weighted by atomic mass is 32.2. The minimum atomic E-state index is -3.62. The van der Waals surface area contributed by atoms with Crippen LogP contribution in [0.15, 0.2) is 72.0 Å². The zero-order valence-electron chi connectivity index (χ0n) is 13.6. The van der Waals surface area contributed by atoms with Gasteiger partial charge in [0.05, 0.1) is 17.7 Å². The third kappa shape index (κ3) is 4.20. The van der Waals surface area contributed by atoms with Crippen LogP contribution in [0, 0.1) is 0 Å². The molecular weight excluding hydrogens is 338 g/mol. The van der Waals surface area contributed by atoms with Crippen molar-refractivity contribution in [2.24, 2.45) is 0 Å². The molecular formula is C18H17N3O3S. The predicted molar refractivity (Wildman–Crippen MR) is 94.5 cm³/mol. The van der Waals surface area contributed by atoms with Crippen LogP contribution in [0.4, 0.5) is 0 Å². The molecule has 0 bridgehead atoms. The van der Waals surface area contributed by atoms with Gasteiger partial charge in [0.25, 0.3) is 0 Å². The first-order valence-electron chi connectivity index (χ1n) is 7.57. The minimum absolute atomic E-state index is 0.153. The molecule has 7 heteroatoms. The Bertz CT molecular complexity index is 943. The monoisotopic (exact) mass is 355 g/mol. The Kier molecular flexibility index (Phi) is 5.06. The van der Waals surface area contributed by atoms with Crippen molar-refractivity contribution in [1.29, 1.82) is 0 Å². The van der Waals surface area contributed by atoms with Crippen molar-refractivity contribution in [3.8, 4) is 17.0 Å². The molecule has 1 N–H and O–H groups in total. The maximum absolute atomic E-state index is 12.4. The minimum Gasteiger partial charge on any atom is -0.497 e. The Morgan fingerprint density at radius 1 is 1.08 bits per heavy atom. The maximum Gasteiger partial charge on any atom is 0.241 e. The van der Waals surface area contributed by atoms with Gasteiger partial charge in [-0.15, -0.1) is 0 Å². The molecule has 0 fully saturated rings. The topological polar surface area (TPSA) is 81.2 Å². The van der Waals surface area contributed by atoms with Crippen molar-refractivity contribution in [2.75, 3.05) is 7.11 Å². The summed E-state index contributed by atoms with van der Waals surface area (Å²) in [5.41, 5.74) is 2.46. The number of aromatic nitrogens is 2. The van der Waals surface area contributed by atoms with Crippen molar-refractivity contribution in [1.82, 2.24) is 14.7 Å². The van der Waals surface area contributed by atoms with Gasteiger partial charge in [0.1, 0.15) is 5.75 Å². The molecule has 1 aromatic carbocycles. The molecule has 0 radical (unpaired) electrons. The molecule has 128 valence electrons. The summed E-state index contributed by atoms with van der Waals surface area (Å²) >= 11 is 0. The highest BCUT2D eigenvalue weighted by Gasteiger charge is 2.14. The van der Waals surface area contributed by atoms with Gasteiger partial charge in [-0.2, -0.15) is 0 Å². The number of nitrogens with one attached hydrogen (secondary N) is 1. The van der Waals surface area contributed by atoms with Crippen molar-refractivity contribution >= 4 is 10.0 Å². The lowest BCUT2D eigenvalue weighted by molar-refractivity contribution is 0.413. The van der Waals surface area contributed by atoms with Gasteiger partial charge in [0.2, 0.25) is 10.0 Å². The summed E-state index contributed by atoms with van der Waals surface area (Å²) in [6.07, 6.45) is 5.08. The van der Waals surface area contributed by atoms with Gasteiger partial charge in [-0.25, -0.2) is 13.1 Å². The van der Waals surface area contributed by atoms with E-state index in [2.05, 4.69) is 14.7 Å². The second kappa shape index (κ2) is 7.42. The number of benzene rings is 1. The lowest BCUT2D eigenvalue weighted by atomic mass is 10.1. The Morgan fingerprint density at radius 2 is 1.96 bits per heavy atom. The molecule has 3 rings (SSSR count). The normalized spacial score (nSPS) is 11.2. The lowest BCUT2D eigenvalue weighted by Gasteiger charge is -2.08. The molecule has 0 aliphatic carbocycles. The maximum atomic E-state index is 12.4. The number of pyridine rings is 2. The van der Waals surface area contributed by atoms with Gasteiger partial charge in [0, 0.05) is 36.8 Å². The fourth-order valence-electron chi connectivity index (χ4n) is 2.24. The van der Waals surface area contributed by atoms with Crippen LogP contribution in [0.1, 0.15) is 5.56 Å². The quantitative estimate of drug-likeness (QED) is 0.735. The van der Waals surface area contributed by atoms with Crippen molar-refractivity contribution in [3.05, 3.63) is 72.7 Å². The van der Waals surface area contributed by atoms with Crippen LogP contribution in [-0.4, -0.2) is 25.5 Å². The number of hydrogen-bond donors (Lipinski definition) is 1. The van der Waals surface area contributed by atoms with E-state index >= 15 is 0 Å². The molecule has 0 saturated heterocycles. The van der Waals surface area contributed by atoms with Gasteiger partial charge >= 0.3 is 0 Å². The molecule has 0 unspecified atom stereocenters. The van der Waals surface area contributed by atoms with Crippen LogP contribution < -0.4 is 9.46 Å². The van der Waals surface area contributed by atoms with Gasteiger partial charge in [-0.05, 0) is 35.9 Å². The smallest absolute Gasteiger partial charge is 0.241 e. The molecule has 3 aromatic rings. The number of nitrogens with zero attached hydrogens (tertiary/aromatic N) is 2. The number of methoxy groups -OCH3 is 1. The van der Waals surface area contributed by atoms with Gasteiger partial charge in [0.15, 0.2) is 0 Å². The van der Waals surface area contributed by atoms with E-state index in [1.807, 2.05) is 24.3 Å². The van der Waals surface area contributed by atoms with Gasteiger partial charge < -0.3 is 4.74 Å². The summed E-state index contributed by atoms with van der Waals surface area (Å²) < 4.78 is 32.4. The molecule has 2 aromatic heterocycles. The van der Waals surface area contributed by atoms with E-state index in [9.17, 15) is 8.42 Å². The van der Waals surface area contributed by atoms with Crippen molar-refractivity contribution in [3.63, 3.8) is 0 Å². The van der Waals surface area contributed by atoms with E-state index in [1.165, 1.54) is 19.2 Å². The zero-order chi connectivity index (χ0) is 17.7. The van der Waals surface area contributed by atoms with E-state index in [1.54, 1.807) is 30.7 Å². The second-order valence-electron chi connectivity index (χ2n) is 5.30. The molecule has 6 nitrogen and oxygen atoms in total. The average Bonchev–Trinajstić information content (AvgIpc) is 2.67. The van der Waals surface area contributed by atoms with Crippen LogP contribution in [0.3, 0.4) is 0 Å². The summed E-state index contributed by atoms with van der Waals surface area (Å²) in [4.78, 5) is 8.57. The van der Waals surface area contributed by atoms with Gasteiger partial charge in [-0.1, -0.05) is 12.1 Å². The largest absolute Gasteiger partial charge is 0.497 e. The first kappa shape index (κ1) is 17.1. The second-order valence-corrected chi connectivity index (χ2v) is 7.06. The van der Waals surface area contributed by atoms with Gasteiger partial charge in [-0.3, -0.25) is 9.97 Å². The van der Waals surface area contributed by atoms with Crippen LogP contribution in [0.2, 0.25) is 0 Å². The molecule has 25 heavy (non-hydrogen) atoms. The number of hydrogen-bond acceptors (Lipinski definition) is 5. The summed E-state index contributed by atoms with van der Waals surface area (Å²) in [6, 6.07) is 13.8. The molecule has 0 saturated carbocycles. The van der Waals surface area contributed by atoms with E-state index in [0.29, 0.717) is 5.75 Å². The first-order chi connectivity index (χ1) is 12.1. The SMILES string of the molecule is COc1cccc(S(=O)(=O)NCc2ccc(-c3cccnc3)nc2)c1. The molecule has 0 aliphatic rings. The standard InChI is InChI=1S/C18H17N3O3S/c1-24-16-5-2-6-17(10-16)25(22,23)21-12-14-7-8-18(20-11-14)15-4-3-9-19-13-15/h2-11,13,21H,12H2,1H3. The predicted octanol–water partition coefficient (Wildman–Crippen LogP) is 2.63. The molecule has 0 amide bonds.